The lowest BCUT2D eigenvalue weighted by Gasteiger charge is -2.36. The van der Waals surface area contributed by atoms with Crippen LogP contribution in [0.4, 0.5) is 0 Å². The minimum absolute atomic E-state index is 0. The molecular formula is C17H27IN4O2. The largest absolute Gasteiger partial charge is 0.496 e. The molecule has 1 aromatic rings. The average molecular weight is 446 g/mol. The fourth-order valence-corrected chi connectivity index (χ4v) is 2.65. The molecule has 1 heterocycles. The van der Waals surface area contributed by atoms with Crippen LogP contribution in [0.1, 0.15) is 19.4 Å². The number of amides is 1. The zero-order valence-corrected chi connectivity index (χ0v) is 16.9. The van der Waals surface area contributed by atoms with Crippen LogP contribution < -0.4 is 10.1 Å². The molecule has 134 valence electrons. The van der Waals surface area contributed by atoms with E-state index in [1.54, 1.807) is 14.0 Å². The fourth-order valence-electron chi connectivity index (χ4n) is 2.65. The molecule has 0 spiro atoms. The molecule has 1 fully saturated rings. The minimum Gasteiger partial charge on any atom is -0.496 e. The third-order valence-electron chi connectivity index (χ3n) is 3.95. The van der Waals surface area contributed by atoms with Gasteiger partial charge < -0.3 is 19.9 Å². The number of halogens is 1. The second kappa shape index (κ2) is 10.4. The molecule has 0 aromatic heterocycles. The molecule has 0 atom stereocenters. The highest BCUT2D eigenvalue weighted by molar-refractivity contribution is 14.0. The highest BCUT2D eigenvalue weighted by atomic mass is 127. The molecule has 7 heteroatoms. The lowest BCUT2D eigenvalue weighted by molar-refractivity contribution is -0.130. The summed E-state index contributed by atoms with van der Waals surface area (Å²) in [7, 11) is 1.68. The maximum atomic E-state index is 11.4. The molecule has 1 amide bonds. The van der Waals surface area contributed by atoms with Crippen molar-refractivity contribution in [3.8, 4) is 5.75 Å². The predicted molar refractivity (Wildman–Crippen MR) is 107 cm³/mol. The van der Waals surface area contributed by atoms with E-state index in [9.17, 15) is 4.79 Å². The molecule has 0 radical (unpaired) electrons. The Morgan fingerprint density at radius 2 is 1.83 bits per heavy atom. The van der Waals surface area contributed by atoms with E-state index in [0.717, 1.165) is 50.0 Å². The zero-order chi connectivity index (χ0) is 16.7. The molecule has 1 aromatic carbocycles. The van der Waals surface area contributed by atoms with E-state index in [-0.39, 0.29) is 29.9 Å². The van der Waals surface area contributed by atoms with Crippen molar-refractivity contribution in [1.82, 2.24) is 15.1 Å². The molecular weight excluding hydrogens is 419 g/mol. The highest BCUT2D eigenvalue weighted by Crippen LogP contribution is 2.18. The number of benzene rings is 1. The van der Waals surface area contributed by atoms with Crippen LogP contribution in [0, 0.1) is 0 Å². The second-order valence-electron chi connectivity index (χ2n) is 5.48. The van der Waals surface area contributed by atoms with Crippen molar-refractivity contribution < 1.29 is 9.53 Å². The van der Waals surface area contributed by atoms with Gasteiger partial charge >= 0.3 is 0 Å². The third-order valence-corrected chi connectivity index (χ3v) is 3.95. The maximum absolute atomic E-state index is 11.4. The van der Waals surface area contributed by atoms with Crippen molar-refractivity contribution in [2.45, 2.75) is 20.4 Å². The zero-order valence-electron chi connectivity index (χ0n) is 14.6. The van der Waals surface area contributed by atoms with Gasteiger partial charge in [0, 0.05) is 45.2 Å². The Labute approximate surface area is 161 Å². The molecule has 0 aliphatic carbocycles. The number of aliphatic imine (C=N–C) groups is 1. The molecule has 0 unspecified atom stereocenters. The summed E-state index contributed by atoms with van der Waals surface area (Å²) in [6.07, 6.45) is 0. The standard InChI is InChI=1S/C17H26N4O2.HI/c1-4-18-17(21-11-9-20(10-12-21)14(2)22)19-13-15-7-5-6-8-16(15)23-3;/h5-8H,4,9-13H2,1-3H3,(H,18,19);1H. The molecule has 24 heavy (non-hydrogen) atoms. The van der Waals surface area contributed by atoms with Crippen LogP contribution in [0.15, 0.2) is 29.3 Å². The van der Waals surface area contributed by atoms with E-state index >= 15 is 0 Å². The number of hydrogen-bond acceptors (Lipinski definition) is 3. The van der Waals surface area contributed by atoms with E-state index in [4.69, 9.17) is 9.73 Å². The third kappa shape index (κ3) is 5.54. The van der Waals surface area contributed by atoms with Crippen molar-refractivity contribution in [2.24, 2.45) is 4.99 Å². The first-order valence-corrected chi connectivity index (χ1v) is 8.06. The number of para-hydroxylation sites is 1. The number of carbonyl (C=O) groups is 1. The van der Waals surface area contributed by atoms with E-state index < -0.39 is 0 Å². The second-order valence-corrected chi connectivity index (χ2v) is 5.48. The fraction of sp³-hybridized carbons (Fsp3) is 0.529. The molecule has 1 saturated heterocycles. The Balaban J connectivity index is 0.00000288. The summed E-state index contributed by atoms with van der Waals surface area (Å²) >= 11 is 0. The number of ether oxygens (including phenoxy) is 1. The van der Waals surface area contributed by atoms with Crippen LogP contribution >= 0.6 is 24.0 Å². The van der Waals surface area contributed by atoms with Gasteiger partial charge in [0.2, 0.25) is 5.91 Å². The number of piperazine rings is 1. The molecule has 1 aliphatic rings. The van der Waals surface area contributed by atoms with Crippen LogP contribution in [0.5, 0.6) is 5.75 Å². The first-order chi connectivity index (χ1) is 11.2. The summed E-state index contributed by atoms with van der Waals surface area (Å²) < 4.78 is 5.38. The van der Waals surface area contributed by atoms with Crippen LogP contribution in [-0.4, -0.2) is 61.5 Å². The van der Waals surface area contributed by atoms with Gasteiger partial charge in [-0.1, -0.05) is 18.2 Å². The molecule has 2 rings (SSSR count). The highest BCUT2D eigenvalue weighted by Gasteiger charge is 2.20. The summed E-state index contributed by atoms with van der Waals surface area (Å²) in [5, 5.41) is 3.34. The van der Waals surface area contributed by atoms with Crippen LogP contribution in [-0.2, 0) is 11.3 Å². The Kier molecular flexibility index (Phi) is 8.88. The number of methoxy groups -OCH3 is 1. The predicted octanol–water partition coefficient (Wildman–Crippen LogP) is 1.94. The first-order valence-electron chi connectivity index (χ1n) is 8.06. The van der Waals surface area contributed by atoms with Gasteiger partial charge in [-0.05, 0) is 13.0 Å². The van der Waals surface area contributed by atoms with Gasteiger partial charge in [0.25, 0.3) is 0 Å². The van der Waals surface area contributed by atoms with Crippen molar-refractivity contribution in [3.63, 3.8) is 0 Å². The number of nitrogens with one attached hydrogen (secondary N) is 1. The van der Waals surface area contributed by atoms with Gasteiger partial charge in [-0.25, -0.2) is 4.99 Å². The summed E-state index contributed by atoms with van der Waals surface area (Å²) in [6.45, 7) is 8.16. The Hall–Kier alpha value is -1.51. The number of nitrogens with zero attached hydrogens (tertiary/aromatic N) is 3. The van der Waals surface area contributed by atoms with E-state index in [1.807, 2.05) is 29.2 Å². The van der Waals surface area contributed by atoms with E-state index in [0.29, 0.717) is 6.54 Å². The number of guanidine groups is 1. The lowest BCUT2D eigenvalue weighted by Crippen LogP contribution is -2.53. The van der Waals surface area contributed by atoms with Crippen molar-refractivity contribution in [1.29, 1.82) is 0 Å². The number of rotatable bonds is 4. The van der Waals surface area contributed by atoms with Gasteiger partial charge in [0.1, 0.15) is 5.75 Å². The number of hydrogen-bond donors (Lipinski definition) is 1. The van der Waals surface area contributed by atoms with E-state index in [2.05, 4.69) is 17.1 Å². The summed E-state index contributed by atoms with van der Waals surface area (Å²) in [6, 6.07) is 7.92. The van der Waals surface area contributed by atoms with Crippen molar-refractivity contribution in [3.05, 3.63) is 29.8 Å². The van der Waals surface area contributed by atoms with Crippen molar-refractivity contribution >= 4 is 35.8 Å². The minimum atomic E-state index is 0. The monoisotopic (exact) mass is 446 g/mol. The molecule has 1 aliphatic heterocycles. The quantitative estimate of drug-likeness (QED) is 0.437. The van der Waals surface area contributed by atoms with Gasteiger partial charge in [0.15, 0.2) is 5.96 Å². The van der Waals surface area contributed by atoms with Gasteiger partial charge in [0.05, 0.1) is 13.7 Å². The summed E-state index contributed by atoms with van der Waals surface area (Å²) in [4.78, 5) is 20.2. The normalized spacial score (nSPS) is 14.9. The lowest BCUT2D eigenvalue weighted by atomic mass is 10.2. The molecule has 0 bridgehead atoms. The summed E-state index contributed by atoms with van der Waals surface area (Å²) in [5.41, 5.74) is 1.06. The van der Waals surface area contributed by atoms with E-state index in [1.165, 1.54) is 0 Å². The van der Waals surface area contributed by atoms with Crippen LogP contribution in [0.3, 0.4) is 0 Å². The van der Waals surface area contributed by atoms with Gasteiger partial charge in [-0.15, -0.1) is 24.0 Å². The Morgan fingerprint density at radius 1 is 1.21 bits per heavy atom. The van der Waals surface area contributed by atoms with Crippen LogP contribution in [0.2, 0.25) is 0 Å². The molecule has 6 nitrogen and oxygen atoms in total. The average Bonchev–Trinajstić information content (AvgIpc) is 2.59. The van der Waals surface area contributed by atoms with Crippen molar-refractivity contribution in [2.75, 3.05) is 39.8 Å². The Morgan fingerprint density at radius 3 is 2.42 bits per heavy atom. The van der Waals surface area contributed by atoms with Gasteiger partial charge in [-0.3, -0.25) is 4.79 Å². The smallest absolute Gasteiger partial charge is 0.219 e. The Bertz CT molecular complexity index is 557. The summed E-state index contributed by atoms with van der Waals surface area (Å²) in [5.74, 6) is 1.88. The maximum Gasteiger partial charge on any atom is 0.219 e. The van der Waals surface area contributed by atoms with Crippen LogP contribution in [0.25, 0.3) is 0 Å². The SMILES string of the molecule is CCNC(=NCc1ccccc1OC)N1CCN(C(C)=O)CC1.I. The number of carbonyl (C=O) groups excluding carboxylic acids is 1. The topological polar surface area (TPSA) is 57.2 Å². The van der Waals surface area contributed by atoms with Gasteiger partial charge in [-0.2, -0.15) is 0 Å². The first kappa shape index (κ1) is 20.5. The molecule has 0 saturated carbocycles. The molecule has 1 N–H and O–H groups in total.